The highest BCUT2D eigenvalue weighted by Crippen LogP contribution is 2.65. The van der Waals surface area contributed by atoms with Crippen LogP contribution in [0, 0.1) is 40.4 Å². The third kappa shape index (κ3) is 2.44. The zero-order chi connectivity index (χ0) is 18.0. The second-order valence-corrected chi connectivity index (χ2v) is 10.3. The Morgan fingerprint density at radius 3 is 2.56 bits per heavy atom. The molecule has 3 aliphatic carbocycles. The van der Waals surface area contributed by atoms with E-state index in [1.807, 2.05) is 13.8 Å². The molecule has 140 valence electrons. The molecule has 1 saturated heterocycles. The molecule has 0 aromatic rings. The number of amides is 1. The number of hydrogen-bond acceptors (Lipinski definition) is 2. The molecule has 0 bridgehead atoms. The van der Waals surface area contributed by atoms with E-state index in [2.05, 4.69) is 19.2 Å². The summed E-state index contributed by atoms with van der Waals surface area (Å²) < 4.78 is 0. The van der Waals surface area contributed by atoms with Crippen LogP contribution in [-0.2, 0) is 9.59 Å². The topological polar surface area (TPSA) is 46.2 Å². The summed E-state index contributed by atoms with van der Waals surface area (Å²) in [5.41, 5.74) is 0.502. The minimum absolute atomic E-state index is 0.0223. The molecule has 1 amide bonds. The lowest BCUT2D eigenvalue weighted by Crippen LogP contribution is -2.65. The summed E-state index contributed by atoms with van der Waals surface area (Å²) in [6.45, 7) is 8.88. The number of piperidine rings is 1. The number of carbonyl (C=O) groups is 2. The summed E-state index contributed by atoms with van der Waals surface area (Å²) in [7, 11) is 0. The number of ketones is 1. The third-order valence-electron chi connectivity index (χ3n) is 8.94. The van der Waals surface area contributed by atoms with Crippen LogP contribution < -0.4 is 5.32 Å². The van der Waals surface area contributed by atoms with Gasteiger partial charge in [-0.05, 0) is 61.7 Å². The summed E-state index contributed by atoms with van der Waals surface area (Å²) in [6, 6.07) is 0.202. The Hall–Kier alpha value is -0.860. The molecule has 1 heterocycles. The van der Waals surface area contributed by atoms with E-state index < -0.39 is 0 Å². The van der Waals surface area contributed by atoms with E-state index in [1.165, 1.54) is 38.5 Å². The van der Waals surface area contributed by atoms with Crippen molar-refractivity contribution >= 4 is 11.7 Å². The number of hydrogen-bond donors (Lipinski definition) is 1. The lowest BCUT2D eigenvalue weighted by Gasteiger charge is -2.61. The van der Waals surface area contributed by atoms with Gasteiger partial charge in [-0.25, -0.2) is 0 Å². The van der Waals surface area contributed by atoms with Crippen molar-refractivity contribution in [2.24, 2.45) is 40.4 Å². The van der Waals surface area contributed by atoms with Crippen molar-refractivity contribution in [3.8, 4) is 0 Å². The van der Waals surface area contributed by atoms with E-state index in [0.717, 1.165) is 18.3 Å². The molecule has 3 saturated carbocycles. The molecule has 4 fully saturated rings. The van der Waals surface area contributed by atoms with Gasteiger partial charge in [0.1, 0.15) is 5.78 Å². The Morgan fingerprint density at radius 1 is 1.08 bits per heavy atom. The highest BCUT2D eigenvalue weighted by Gasteiger charge is 2.62. The van der Waals surface area contributed by atoms with Crippen LogP contribution >= 0.6 is 0 Å². The molecule has 4 rings (SSSR count). The van der Waals surface area contributed by atoms with Crippen molar-refractivity contribution in [3.05, 3.63) is 0 Å². The highest BCUT2D eigenvalue weighted by atomic mass is 16.2. The van der Waals surface area contributed by atoms with Crippen LogP contribution in [0.5, 0.6) is 0 Å². The van der Waals surface area contributed by atoms with Gasteiger partial charge in [0, 0.05) is 29.7 Å². The maximum atomic E-state index is 13.1. The minimum atomic E-state index is -0.0789. The van der Waals surface area contributed by atoms with Crippen molar-refractivity contribution in [2.75, 3.05) is 0 Å². The fraction of sp³-hybridized carbons (Fsp3) is 0.909. The van der Waals surface area contributed by atoms with Gasteiger partial charge in [0.15, 0.2) is 0 Å². The van der Waals surface area contributed by atoms with Gasteiger partial charge < -0.3 is 5.32 Å². The van der Waals surface area contributed by atoms with Gasteiger partial charge in [0.2, 0.25) is 5.91 Å². The molecule has 7 atom stereocenters. The SMILES string of the molecule is CC(C)C(=O)C1CC(=O)N[C@@H]2CC[C@H]3[C@@H]4CCC[C@@]4(C)CC[C@@H]3[C@@]12C. The summed E-state index contributed by atoms with van der Waals surface area (Å²) in [5, 5.41) is 3.29. The second-order valence-electron chi connectivity index (χ2n) is 10.3. The lowest BCUT2D eigenvalue weighted by atomic mass is 9.45. The van der Waals surface area contributed by atoms with Gasteiger partial charge >= 0.3 is 0 Å². The fourth-order valence-electron chi connectivity index (χ4n) is 7.58. The molecule has 0 aromatic carbocycles. The first-order valence-corrected chi connectivity index (χ1v) is 10.6. The fourth-order valence-corrected chi connectivity index (χ4v) is 7.58. The van der Waals surface area contributed by atoms with Crippen LogP contribution in [0.1, 0.15) is 79.1 Å². The minimum Gasteiger partial charge on any atom is -0.353 e. The largest absolute Gasteiger partial charge is 0.353 e. The van der Waals surface area contributed by atoms with Crippen LogP contribution in [0.25, 0.3) is 0 Å². The molecule has 0 radical (unpaired) electrons. The van der Waals surface area contributed by atoms with Crippen molar-refractivity contribution in [2.45, 2.75) is 85.1 Å². The van der Waals surface area contributed by atoms with Gasteiger partial charge in [0.25, 0.3) is 0 Å². The number of fused-ring (bicyclic) bond motifs is 5. The van der Waals surface area contributed by atoms with Crippen molar-refractivity contribution in [3.63, 3.8) is 0 Å². The maximum Gasteiger partial charge on any atom is 0.220 e. The van der Waals surface area contributed by atoms with Crippen LogP contribution in [0.15, 0.2) is 0 Å². The highest BCUT2D eigenvalue weighted by molar-refractivity contribution is 5.90. The normalized spacial score (nSPS) is 49.2. The number of Topliss-reactive ketones (excluding diaryl/α,β-unsaturated/α-hetero) is 1. The zero-order valence-corrected chi connectivity index (χ0v) is 16.4. The van der Waals surface area contributed by atoms with E-state index >= 15 is 0 Å². The summed E-state index contributed by atoms with van der Waals surface area (Å²) in [5.74, 6) is 2.58. The average Bonchev–Trinajstić information content (AvgIpc) is 2.96. The molecule has 1 aliphatic heterocycles. The monoisotopic (exact) mass is 345 g/mol. The van der Waals surface area contributed by atoms with Crippen LogP contribution in [0.3, 0.4) is 0 Å². The first-order chi connectivity index (χ1) is 11.8. The predicted octanol–water partition coefficient (Wildman–Crippen LogP) is 4.35. The average molecular weight is 346 g/mol. The van der Waals surface area contributed by atoms with Crippen LogP contribution in [-0.4, -0.2) is 17.7 Å². The Bertz CT molecular complexity index is 585. The molecule has 25 heavy (non-hydrogen) atoms. The van der Waals surface area contributed by atoms with Crippen molar-refractivity contribution in [1.82, 2.24) is 5.32 Å². The van der Waals surface area contributed by atoms with Gasteiger partial charge in [-0.1, -0.05) is 34.1 Å². The molecular formula is C22H35NO2. The Morgan fingerprint density at radius 2 is 1.84 bits per heavy atom. The maximum absolute atomic E-state index is 13.1. The van der Waals surface area contributed by atoms with Gasteiger partial charge in [-0.3, -0.25) is 9.59 Å². The zero-order valence-electron chi connectivity index (χ0n) is 16.4. The smallest absolute Gasteiger partial charge is 0.220 e. The van der Waals surface area contributed by atoms with E-state index in [-0.39, 0.29) is 29.2 Å². The first-order valence-electron chi connectivity index (χ1n) is 10.6. The van der Waals surface area contributed by atoms with Crippen molar-refractivity contribution in [1.29, 1.82) is 0 Å². The standard InChI is InChI=1S/C22H35NO2/c1-13(2)20(25)17-12-19(24)23-18-8-7-14-15-6-5-10-21(15,3)11-9-16(14)22(17,18)4/h13-18H,5-12H2,1-4H3,(H,23,24)/t14-,15-,16-,17?,18+,21-,22-/m0/s1. The number of nitrogens with one attached hydrogen (secondary N) is 1. The molecule has 0 aromatic heterocycles. The summed E-state index contributed by atoms with van der Waals surface area (Å²) in [6.07, 6.45) is 9.45. The molecule has 1 unspecified atom stereocenters. The molecule has 4 aliphatic rings. The van der Waals surface area contributed by atoms with Gasteiger partial charge in [0.05, 0.1) is 0 Å². The quantitative estimate of drug-likeness (QED) is 0.809. The molecule has 0 spiro atoms. The van der Waals surface area contributed by atoms with E-state index in [1.54, 1.807) is 0 Å². The Kier molecular flexibility index (Phi) is 4.09. The van der Waals surface area contributed by atoms with Gasteiger partial charge in [-0.15, -0.1) is 0 Å². The van der Waals surface area contributed by atoms with E-state index in [9.17, 15) is 9.59 Å². The van der Waals surface area contributed by atoms with Crippen LogP contribution in [0.2, 0.25) is 0 Å². The Labute approximate surface area is 152 Å². The first kappa shape index (κ1) is 17.5. The lowest BCUT2D eigenvalue weighted by molar-refractivity contribution is -0.158. The number of rotatable bonds is 2. The second kappa shape index (κ2) is 5.82. The predicted molar refractivity (Wildman–Crippen MR) is 98.9 cm³/mol. The molecule has 1 N–H and O–H groups in total. The molecule has 3 nitrogen and oxygen atoms in total. The van der Waals surface area contributed by atoms with Crippen LogP contribution in [0.4, 0.5) is 0 Å². The van der Waals surface area contributed by atoms with E-state index in [4.69, 9.17) is 0 Å². The Balaban J connectivity index is 1.71. The van der Waals surface area contributed by atoms with Gasteiger partial charge in [-0.2, -0.15) is 0 Å². The third-order valence-corrected chi connectivity index (χ3v) is 8.94. The molecular weight excluding hydrogens is 310 g/mol. The molecule has 3 heteroatoms. The van der Waals surface area contributed by atoms with Crippen molar-refractivity contribution < 1.29 is 9.59 Å². The van der Waals surface area contributed by atoms with E-state index in [0.29, 0.717) is 23.5 Å². The number of carbonyl (C=O) groups excluding carboxylic acids is 2. The summed E-state index contributed by atoms with van der Waals surface area (Å²) >= 11 is 0. The summed E-state index contributed by atoms with van der Waals surface area (Å²) in [4.78, 5) is 25.4.